The second-order valence-electron chi connectivity index (χ2n) is 6.12. The molecule has 24 heavy (non-hydrogen) atoms. The molecule has 2 amide bonds. The molecule has 2 unspecified atom stereocenters. The Kier molecular flexibility index (Phi) is 3.44. The molecule has 0 saturated carbocycles. The van der Waals surface area contributed by atoms with Gasteiger partial charge in [0.2, 0.25) is 5.95 Å². The molecule has 124 valence electrons. The predicted molar refractivity (Wildman–Crippen MR) is 80.9 cm³/mol. The minimum absolute atomic E-state index is 0.0589. The zero-order valence-corrected chi connectivity index (χ0v) is 12.6. The Morgan fingerprint density at radius 1 is 1.17 bits per heavy atom. The zero-order valence-electron chi connectivity index (χ0n) is 12.6. The minimum atomic E-state index is -0.759. The summed E-state index contributed by atoms with van der Waals surface area (Å²) in [5, 5.41) is 2.54. The van der Waals surface area contributed by atoms with Crippen molar-refractivity contribution in [3.8, 4) is 0 Å². The number of nitrogens with one attached hydrogen (secondary N) is 1. The predicted octanol–water partition coefficient (Wildman–Crippen LogP) is 3.79. The van der Waals surface area contributed by atoms with Gasteiger partial charge >= 0.3 is 6.03 Å². The molecule has 1 N–H and O–H groups in total. The number of fused-ring (bicyclic) bond motifs is 4. The van der Waals surface area contributed by atoms with Gasteiger partial charge in [-0.25, -0.2) is 18.6 Å². The number of rotatable bonds is 1. The number of benzene rings is 1. The van der Waals surface area contributed by atoms with Gasteiger partial charge in [-0.1, -0.05) is 0 Å². The van der Waals surface area contributed by atoms with Crippen LogP contribution in [0.15, 0.2) is 30.5 Å². The van der Waals surface area contributed by atoms with Crippen LogP contribution in [-0.4, -0.2) is 22.0 Å². The van der Waals surface area contributed by atoms with Gasteiger partial charge in [0.1, 0.15) is 11.6 Å². The third-order valence-electron chi connectivity index (χ3n) is 4.69. The first kappa shape index (κ1) is 15.0. The second kappa shape index (κ2) is 5.51. The molecule has 3 heterocycles. The molecule has 2 aromatic rings. The molecule has 2 bridgehead atoms. The van der Waals surface area contributed by atoms with Gasteiger partial charge in [0, 0.05) is 29.6 Å². The van der Waals surface area contributed by atoms with Crippen LogP contribution in [0.4, 0.5) is 23.7 Å². The van der Waals surface area contributed by atoms with Gasteiger partial charge in [-0.15, -0.1) is 0 Å². The van der Waals surface area contributed by atoms with Crippen molar-refractivity contribution >= 4 is 11.7 Å². The molecule has 7 heteroatoms. The van der Waals surface area contributed by atoms with Gasteiger partial charge in [0.15, 0.2) is 0 Å². The fourth-order valence-electron chi connectivity index (χ4n) is 3.74. The Morgan fingerprint density at radius 2 is 1.92 bits per heavy atom. The Balaban J connectivity index is 1.62. The van der Waals surface area contributed by atoms with Crippen LogP contribution < -0.4 is 5.32 Å². The zero-order chi connectivity index (χ0) is 16.8. The van der Waals surface area contributed by atoms with E-state index in [4.69, 9.17) is 0 Å². The van der Waals surface area contributed by atoms with Crippen molar-refractivity contribution in [2.45, 2.75) is 31.3 Å². The third-order valence-corrected chi connectivity index (χ3v) is 4.69. The summed E-state index contributed by atoms with van der Waals surface area (Å²) in [4.78, 5) is 17.9. The summed E-state index contributed by atoms with van der Waals surface area (Å²) < 4.78 is 40.4. The largest absolute Gasteiger partial charge is 0.322 e. The van der Waals surface area contributed by atoms with Crippen LogP contribution >= 0.6 is 0 Å². The average Bonchev–Trinajstić information content (AvgIpc) is 2.83. The molecule has 1 aromatic heterocycles. The van der Waals surface area contributed by atoms with Gasteiger partial charge in [-0.05, 0) is 43.0 Å². The van der Waals surface area contributed by atoms with Crippen LogP contribution in [0.3, 0.4) is 0 Å². The first-order chi connectivity index (χ1) is 11.5. The molecule has 1 aromatic carbocycles. The summed E-state index contributed by atoms with van der Waals surface area (Å²) in [7, 11) is 0. The molecule has 0 aliphatic carbocycles. The summed E-state index contributed by atoms with van der Waals surface area (Å²) in [6.45, 7) is 0. The number of urea groups is 1. The quantitative estimate of drug-likeness (QED) is 0.807. The number of pyridine rings is 1. The smallest absolute Gasteiger partial charge is 0.314 e. The van der Waals surface area contributed by atoms with Crippen molar-refractivity contribution in [2.75, 3.05) is 5.32 Å². The number of carbonyl (C=O) groups is 1. The van der Waals surface area contributed by atoms with E-state index in [1.54, 1.807) is 11.0 Å². The Labute approximate surface area is 136 Å². The van der Waals surface area contributed by atoms with Gasteiger partial charge in [-0.3, -0.25) is 0 Å². The standard InChI is InChI=1S/C17H14F3N3O/c18-9-5-10(19)7-11(6-9)22-17(24)23-12-1-2-15(23)13-3-4-21-16(20)14(13)8-12/h3-7,12,15H,1-2,8H2,(H,22,24). The minimum Gasteiger partial charge on any atom is -0.314 e. The first-order valence-electron chi connectivity index (χ1n) is 7.71. The van der Waals surface area contributed by atoms with Gasteiger partial charge in [0.05, 0.1) is 6.04 Å². The molecule has 2 aliphatic rings. The highest BCUT2D eigenvalue weighted by molar-refractivity contribution is 5.90. The van der Waals surface area contributed by atoms with Crippen molar-refractivity contribution in [3.05, 3.63) is 59.2 Å². The number of hydrogen-bond donors (Lipinski definition) is 1. The first-order valence-corrected chi connectivity index (χ1v) is 7.71. The summed E-state index contributed by atoms with van der Waals surface area (Å²) >= 11 is 0. The molecule has 1 saturated heterocycles. The van der Waals surface area contributed by atoms with Crippen molar-refractivity contribution in [1.29, 1.82) is 0 Å². The number of hydrogen-bond acceptors (Lipinski definition) is 2. The Hall–Kier alpha value is -2.57. The lowest BCUT2D eigenvalue weighted by Gasteiger charge is -2.36. The fourth-order valence-corrected chi connectivity index (χ4v) is 3.74. The van der Waals surface area contributed by atoms with E-state index in [1.165, 1.54) is 6.20 Å². The molecule has 2 atom stereocenters. The number of anilines is 1. The molecule has 0 spiro atoms. The average molecular weight is 333 g/mol. The van der Waals surface area contributed by atoms with Crippen molar-refractivity contribution < 1.29 is 18.0 Å². The Bertz CT molecular complexity index is 806. The molecule has 2 aliphatic heterocycles. The third kappa shape index (κ3) is 2.40. The maximum absolute atomic E-state index is 13.9. The molecule has 4 rings (SSSR count). The lowest BCUT2D eigenvalue weighted by Crippen LogP contribution is -2.44. The van der Waals surface area contributed by atoms with Crippen LogP contribution in [-0.2, 0) is 6.42 Å². The monoisotopic (exact) mass is 333 g/mol. The number of amides is 2. The van der Waals surface area contributed by atoms with Crippen molar-refractivity contribution in [2.24, 2.45) is 0 Å². The molecule has 4 nitrogen and oxygen atoms in total. The number of halogens is 3. The van der Waals surface area contributed by atoms with E-state index in [1.807, 2.05) is 0 Å². The van der Waals surface area contributed by atoms with E-state index in [2.05, 4.69) is 10.3 Å². The van der Waals surface area contributed by atoms with Crippen molar-refractivity contribution in [3.63, 3.8) is 0 Å². The van der Waals surface area contributed by atoms with E-state index in [0.29, 0.717) is 12.0 Å². The normalized spacial score (nSPS) is 21.5. The van der Waals surface area contributed by atoms with E-state index >= 15 is 0 Å². The fraction of sp³-hybridized carbons (Fsp3) is 0.294. The number of carbonyl (C=O) groups excluding carboxylic acids is 1. The highest BCUT2D eigenvalue weighted by Crippen LogP contribution is 2.44. The summed E-state index contributed by atoms with van der Waals surface area (Å²) in [6, 6.07) is 3.78. The number of nitrogens with zero attached hydrogens (tertiary/aromatic N) is 2. The maximum Gasteiger partial charge on any atom is 0.322 e. The van der Waals surface area contributed by atoms with Gasteiger partial charge < -0.3 is 10.2 Å². The molecular weight excluding hydrogens is 319 g/mol. The highest BCUT2D eigenvalue weighted by atomic mass is 19.1. The maximum atomic E-state index is 13.9. The molecular formula is C17H14F3N3O. The summed E-state index contributed by atoms with van der Waals surface area (Å²) in [6.07, 6.45) is 3.27. The van der Waals surface area contributed by atoms with Crippen LogP contribution in [0.5, 0.6) is 0 Å². The summed E-state index contributed by atoms with van der Waals surface area (Å²) in [5.41, 5.74) is 1.38. The van der Waals surface area contributed by atoms with E-state index in [-0.39, 0.29) is 17.8 Å². The van der Waals surface area contributed by atoms with Crippen molar-refractivity contribution in [1.82, 2.24) is 9.88 Å². The molecule has 0 radical (unpaired) electrons. The lowest BCUT2D eigenvalue weighted by molar-refractivity contribution is 0.178. The van der Waals surface area contributed by atoms with Crippen LogP contribution in [0.25, 0.3) is 0 Å². The molecule has 1 fully saturated rings. The van der Waals surface area contributed by atoms with E-state index < -0.39 is 23.6 Å². The van der Waals surface area contributed by atoms with E-state index in [0.717, 1.165) is 36.6 Å². The van der Waals surface area contributed by atoms with Gasteiger partial charge in [0.25, 0.3) is 0 Å². The lowest BCUT2D eigenvalue weighted by atomic mass is 9.95. The highest BCUT2D eigenvalue weighted by Gasteiger charge is 2.43. The second-order valence-corrected chi connectivity index (χ2v) is 6.12. The topological polar surface area (TPSA) is 45.2 Å². The number of aromatic nitrogens is 1. The van der Waals surface area contributed by atoms with Crippen LogP contribution in [0.1, 0.15) is 30.0 Å². The van der Waals surface area contributed by atoms with E-state index in [9.17, 15) is 18.0 Å². The van der Waals surface area contributed by atoms with Crippen LogP contribution in [0, 0.1) is 17.6 Å². The SMILES string of the molecule is O=C(Nc1cc(F)cc(F)c1)N1C2CCC1c1ccnc(F)c1C2. The Morgan fingerprint density at radius 3 is 2.67 bits per heavy atom. The van der Waals surface area contributed by atoms with Crippen LogP contribution in [0.2, 0.25) is 0 Å². The summed E-state index contributed by atoms with van der Waals surface area (Å²) in [5.74, 6) is -2.01. The van der Waals surface area contributed by atoms with Gasteiger partial charge in [-0.2, -0.15) is 4.39 Å².